The number of fused-ring (bicyclic) bond motifs is 2. The molecule has 1 aromatic rings. The van der Waals surface area contributed by atoms with Gasteiger partial charge in [-0.1, -0.05) is 37.1 Å². The topological polar surface area (TPSA) is 145 Å². The van der Waals surface area contributed by atoms with Crippen LogP contribution in [0.1, 0.15) is 64.7 Å². The molecule has 2 aliphatic heterocycles. The van der Waals surface area contributed by atoms with Crippen LogP contribution >= 0.6 is 0 Å². The molecule has 0 radical (unpaired) electrons. The quantitative estimate of drug-likeness (QED) is 0.392. The first-order valence-electron chi connectivity index (χ1n) is 14.0. The van der Waals surface area contributed by atoms with E-state index < -0.39 is 68.0 Å². The molecule has 12 heteroatoms. The summed E-state index contributed by atoms with van der Waals surface area (Å²) in [6.07, 6.45) is 7.39. The molecule has 218 valence electrons. The summed E-state index contributed by atoms with van der Waals surface area (Å²) >= 11 is 0. The summed E-state index contributed by atoms with van der Waals surface area (Å²) in [7, 11) is -3.92. The summed E-state index contributed by atoms with van der Waals surface area (Å²) in [6, 6.07) is 4.15. The van der Waals surface area contributed by atoms with E-state index in [-0.39, 0.29) is 25.1 Å². The van der Waals surface area contributed by atoms with Crippen molar-refractivity contribution in [2.24, 2.45) is 5.92 Å². The van der Waals surface area contributed by atoms with Gasteiger partial charge < -0.3 is 20.6 Å². The van der Waals surface area contributed by atoms with Crippen LogP contribution in [0.3, 0.4) is 0 Å². The number of anilines is 1. The van der Waals surface area contributed by atoms with Gasteiger partial charge in [0.05, 0.1) is 16.5 Å². The molecule has 3 fully saturated rings. The zero-order valence-electron chi connectivity index (χ0n) is 22.6. The molecule has 40 heavy (non-hydrogen) atoms. The fourth-order valence-corrected chi connectivity index (χ4v) is 6.96. The lowest BCUT2D eigenvalue weighted by molar-refractivity contribution is -0.140. The minimum absolute atomic E-state index is 0.0292. The lowest BCUT2D eigenvalue weighted by Crippen LogP contribution is -2.58. The van der Waals surface area contributed by atoms with Crippen molar-refractivity contribution in [2.75, 3.05) is 11.9 Å². The second-order valence-electron chi connectivity index (χ2n) is 11.8. The maximum atomic E-state index is 14.4. The highest BCUT2D eigenvalue weighted by molar-refractivity contribution is 7.91. The predicted molar refractivity (Wildman–Crippen MR) is 146 cm³/mol. The number of carbonyl (C=O) groups excluding carboxylic acids is 3. The fourth-order valence-electron chi connectivity index (χ4n) is 5.64. The summed E-state index contributed by atoms with van der Waals surface area (Å²) in [5.74, 6) is -2.76. The number of nitrogens with zero attached hydrogens (tertiary/aromatic N) is 1. The maximum absolute atomic E-state index is 14.4. The summed E-state index contributed by atoms with van der Waals surface area (Å²) in [6.45, 7) is 1.50. The average Bonchev–Trinajstić information content (AvgIpc) is 3.78. The molecule has 1 saturated heterocycles. The molecule has 4 aliphatic rings. The van der Waals surface area contributed by atoms with Gasteiger partial charge in [-0.05, 0) is 57.6 Å². The number of rotatable bonds is 5. The number of hydrogen-bond acceptors (Lipinski definition) is 7. The van der Waals surface area contributed by atoms with Crippen molar-refractivity contribution in [3.05, 3.63) is 42.2 Å². The minimum atomic E-state index is -3.92. The van der Waals surface area contributed by atoms with Crippen molar-refractivity contribution in [3.63, 3.8) is 0 Å². The van der Waals surface area contributed by atoms with Gasteiger partial charge in [-0.15, -0.1) is 0 Å². The molecule has 3 amide bonds. The molecule has 10 nitrogen and oxygen atoms in total. The van der Waals surface area contributed by atoms with Crippen LogP contribution in [-0.2, 0) is 24.4 Å². The zero-order chi connectivity index (χ0) is 28.7. The highest BCUT2D eigenvalue weighted by atomic mass is 32.2. The lowest BCUT2D eigenvalue weighted by Gasteiger charge is -2.30. The Morgan fingerprint density at radius 3 is 2.65 bits per heavy atom. The summed E-state index contributed by atoms with van der Waals surface area (Å²) in [5.41, 5.74) is -1.29. The van der Waals surface area contributed by atoms with E-state index in [0.717, 1.165) is 19.3 Å². The molecule has 0 unspecified atom stereocenters. The molecule has 2 aliphatic carbocycles. The number of sulfonamides is 1. The first kappa shape index (κ1) is 28.5. The number of nitrogens with one attached hydrogen (secondary N) is 3. The molecule has 4 N–H and O–H groups in total. The van der Waals surface area contributed by atoms with Crippen LogP contribution in [0, 0.1) is 11.7 Å². The van der Waals surface area contributed by atoms with E-state index in [0.29, 0.717) is 25.7 Å². The van der Waals surface area contributed by atoms with Crippen molar-refractivity contribution >= 4 is 33.4 Å². The summed E-state index contributed by atoms with van der Waals surface area (Å²) in [4.78, 5) is 42.1. The Labute approximate surface area is 233 Å². The number of hydrogen-bond donors (Lipinski definition) is 4. The molecule has 5 atom stereocenters. The minimum Gasteiger partial charge on any atom is -0.391 e. The number of aliphatic hydroxyl groups excluding tert-OH is 1. The van der Waals surface area contributed by atoms with E-state index in [1.165, 1.54) is 17.0 Å². The van der Waals surface area contributed by atoms with Crippen molar-refractivity contribution in [1.29, 1.82) is 0 Å². The normalized spacial score (nSPS) is 32.9. The van der Waals surface area contributed by atoms with E-state index in [4.69, 9.17) is 0 Å². The molecule has 0 spiro atoms. The van der Waals surface area contributed by atoms with E-state index in [1.807, 2.05) is 12.2 Å². The molecular formula is C28H37FN4O6S. The Bertz CT molecular complexity index is 1320. The van der Waals surface area contributed by atoms with Crippen LogP contribution in [0.25, 0.3) is 0 Å². The Morgan fingerprint density at radius 1 is 1.18 bits per heavy atom. The first-order chi connectivity index (χ1) is 19.0. The standard InChI is InChI=1S/C28H37FN4O6S/c1-27(13-14-27)40(38,39)32-26(37)28-16-18(28)9-5-3-2-4-6-12-22(30-21-11-8-7-10-20(21)29)25(36)33-17-19(34)15-23(33)24(35)31-28/h5,7-11,18-19,22-23,30,34H,2-4,6,12-17H2,1H3,(H,31,35)(H,32,37)/b9-5-/t18-,19-,22+,23+,28-/m1/s1. The summed E-state index contributed by atoms with van der Waals surface area (Å²) in [5, 5.41) is 16.2. The number of aliphatic hydroxyl groups is 1. The van der Waals surface area contributed by atoms with Crippen LogP contribution < -0.4 is 15.4 Å². The predicted octanol–water partition coefficient (Wildman–Crippen LogP) is 1.96. The van der Waals surface area contributed by atoms with Gasteiger partial charge in [-0.2, -0.15) is 0 Å². The lowest BCUT2D eigenvalue weighted by atomic mass is 10.0. The second-order valence-corrected chi connectivity index (χ2v) is 14.0. The third-order valence-electron chi connectivity index (χ3n) is 8.69. The second kappa shape index (κ2) is 10.8. The van der Waals surface area contributed by atoms with Crippen LogP contribution in [0.2, 0.25) is 0 Å². The highest BCUT2D eigenvalue weighted by Gasteiger charge is 2.63. The van der Waals surface area contributed by atoms with Crippen molar-refractivity contribution in [1.82, 2.24) is 14.9 Å². The van der Waals surface area contributed by atoms with Gasteiger partial charge in [0.1, 0.15) is 23.4 Å². The van der Waals surface area contributed by atoms with Gasteiger partial charge in [0.15, 0.2) is 0 Å². The van der Waals surface area contributed by atoms with E-state index in [9.17, 15) is 32.3 Å². The van der Waals surface area contributed by atoms with E-state index >= 15 is 0 Å². The smallest absolute Gasteiger partial charge is 0.259 e. The van der Waals surface area contributed by atoms with Crippen LogP contribution in [0.5, 0.6) is 0 Å². The molecule has 0 aromatic heterocycles. The highest BCUT2D eigenvalue weighted by Crippen LogP contribution is 2.47. The van der Waals surface area contributed by atoms with E-state index in [1.54, 1.807) is 19.1 Å². The number of carbonyl (C=O) groups is 3. The Hall–Kier alpha value is -2.99. The number of benzene rings is 1. The van der Waals surface area contributed by atoms with Crippen LogP contribution in [0.4, 0.5) is 10.1 Å². The van der Waals surface area contributed by atoms with Gasteiger partial charge in [0.25, 0.3) is 5.91 Å². The monoisotopic (exact) mass is 576 g/mol. The molecule has 2 saturated carbocycles. The van der Waals surface area contributed by atoms with Crippen LogP contribution in [-0.4, -0.2) is 71.2 Å². The third-order valence-corrected chi connectivity index (χ3v) is 10.9. The number of halogens is 1. The van der Waals surface area contributed by atoms with Crippen molar-refractivity contribution in [2.45, 2.75) is 93.2 Å². The van der Waals surface area contributed by atoms with E-state index in [2.05, 4.69) is 15.4 Å². The first-order valence-corrected chi connectivity index (χ1v) is 15.5. The van der Waals surface area contributed by atoms with Crippen molar-refractivity contribution in [3.8, 4) is 0 Å². The Morgan fingerprint density at radius 2 is 1.93 bits per heavy atom. The number of allylic oxidation sites excluding steroid dienone is 1. The van der Waals surface area contributed by atoms with Gasteiger partial charge in [-0.3, -0.25) is 19.1 Å². The Kier molecular flexibility index (Phi) is 7.68. The van der Waals surface area contributed by atoms with Gasteiger partial charge in [0.2, 0.25) is 21.8 Å². The van der Waals surface area contributed by atoms with Gasteiger partial charge in [-0.25, -0.2) is 12.8 Å². The van der Waals surface area contributed by atoms with Gasteiger partial charge in [0, 0.05) is 18.9 Å². The molecule has 1 aromatic carbocycles. The molecular weight excluding hydrogens is 539 g/mol. The largest absolute Gasteiger partial charge is 0.391 e. The Balaban J connectivity index is 1.40. The van der Waals surface area contributed by atoms with Crippen LogP contribution in [0.15, 0.2) is 36.4 Å². The zero-order valence-corrected chi connectivity index (χ0v) is 23.4. The summed E-state index contributed by atoms with van der Waals surface area (Å²) < 4.78 is 41.2. The average molecular weight is 577 g/mol. The van der Waals surface area contributed by atoms with Crippen molar-refractivity contribution < 1.29 is 32.3 Å². The molecule has 5 rings (SSSR count). The third kappa shape index (κ3) is 5.60. The maximum Gasteiger partial charge on any atom is 0.259 e. The number of amides is 3. The fraction of sp³-hybridized carbons (Fsp3) is 0.607. The number of para-hydroxylation sites is 1. The van der Waals surface area contributed by atoms with Gasteiger partial charge >= 0.3 is 0 Å². The SMILES string of the molecule is CC1(S(=O)(=O)NC(=O)[C@@]23C[C@H]2/C=C\CCCCC[C@H](Nc2ccccc2F)C(=O)N2C[C@H](O)C[C@H]2C(=O)N3)CC1. The molecule has 0 bridgehead atoms. The molecule has 2 heterocycles.